The molecule has 0 saturated carbocycles. The lowest BCUT2D eigenvalue weighted by Gasteiger charge is -2.08. The molecule has 0 bridgehead atoms. The standard InChI is InChI=1S/C13H7BrF3NO2/c14-8-4-12(11(17)5-10(8)16)18-13(20)7-2-1-6(19)3-9(7)15/h1-5,19H,(H,18,20). The van der Waals surface area contributed by atoms with Crippen LogP contribution < -0.4 is 5.32 Å². The second-order valence-corrected chi connectivity index (χ2v) is 4.72. The first-order chi connectivity index (χ1) is 9.38. The van der Waals surface area contributed by atoms with Crippen LogP contribution in [-0.4, -0.2) is 11.0 Å². The Morgan fingerprint density at radius 1 is 1.05 bits per heavy atom. The minimum absolute atomic E-state index is 0.0413. The van der Waals surface area contributed by atoms with Crippen molar-refractivity contribution in [3.63, 3.8) is 0 Å². The molecular formula is C13H7BrF3NO2. The van der Waals surface area contributed by atoms with Gasteiger partial charge in [0.25, 0.3) is 5.91 Å². The Balaban J connectivity index is 2.30. The molecule has 0 saturated heterocycles. The Bertz CT molecular complexity index is 692. The van der Waals surface area contributed by atoms with Crippen LogP contribution in [0.1, 0.15) is 10.4 Å². The summed E-state index contributed by atoms with van der Waals surface area (Å²) in [6.07, 6.45) is 0. The molecule has 0 heterocycles. The Hall–Kier alpha value is -2.02. The highest BCUT2D eigenvalue weighted by Crippen LogP contribution is 2.24. The molecule has 7 heteroatoms. The normalized spacial score (nSPS) is 10.4. The van der Waals surface area contributed by atoms with Crippen molar-refractivity contribution in [2.24, 2.45) is 0 Å². The SMILES string of the molecule is O=C(Nc1cc(Br)c(F)cc1F)c1ccc(O)cc1F. The number of phenolic OH excluding ortho intramolecular Hbond substituents is 1. The third-order valence-corrected chi connectivity index (χ3v) is 3.06. The first kappa shape index (κ1) is 14.4. The quantitative estimate of drug-likeness (QED) is 0.813. The lowest BCUT2D eigenvalue weighted by Crippen LogP contribution is -2.14. The van der Waals surface area contributed by atoms with Crippen LogP contribution in [0.2, 0.25) is 0 Å². The van der Waals surface area contributed by atoms with Crippen LogP contribution in [0.15, 0.2) is 34.8 Å². The molecule has 1 amide bonds. The van der Waals surface area contributed by atoms with Gasteiger partial charge in [-0.05, 0) is 34.1 Å². The number of anilines is 1. The van der Waals surface area contributed by atoms with Crippen LogP contribution >= 0.6 is 15.9 Å². The van der Waals surface area contributed by atoms with E-state index in [4.69, 9.17) is 5.11 Å². The zero-order valence-electron chi connectivity index (χ0n) is 9.75. The van der Waals surface area contributed by atoms with Crippen LogP contribution in [0, 0.1) is 17.5 Å². The number of benzene rings is 2. The fourth-order valence-corrected chi connectivity index (χ4v) is 1.84. The Labute approximate surface area is 120 Å². The molecule has 2 aromatic rings. The molecule has 0 fully saturated rings. The summed E-state index contributed by atoms with van der Waals surface area (Å²) in [6.45, 7) is 0. The van der Waals surface area contributed by atoms with Gasteiger partial charge in [0, 0.05) is 12.1 Å². The predicted molar refractivity (Wildman–Crippen MR) is 70.1 cm³/mol. The summed E-state index contributed by atoms with van der Waals surface area (Å²) in [6, 6.07) is 4.55. The van der Waals surface area contributed by atoms with Crippen LogP contribution in [0.5, 0.6) is 5.75 Å². The highest BCUT2D eigenvalue weighted by Gasteiger charge is 2.15. The number of hydrogen-bond donors (Lipinski definition) is 2. The molecule has 0 aliphatic heterocycles. The van der Waals surface area contributed by atoms with Crippen molar-refractivity contribution in [3.05, 3.63) is 57.8 Å². The molecule has 0 aromatic heterocycles. The van der Waals surface area contributed by atoms with E-state index in [1.165, 1.54) is 0 Å². The number of hydrogen-bond acceptors (Lipinski definition) is 2. The van der Waals surface area contributed by atoms with E-state index in [0.717, 1.165) is 24.3 Å². The van der Waals surface area contributed by atoms with Gasteiger partial charge in [-0.2, -0.15) is 0 Å². The molecule has 3 nitrogen and oxygen atoms in total. The first-order valence-electron chi connectivity index (χ1n) is 5.33. The average Bonchev–Trinajstić information content (AvgIpc) is 2.35. The maximum Gasteiger partial charge on any atom is 0.258 e. The number of rotatable bonds is 2. The molecule has 0 atom stereocenters. The lowest BCUT2D eigenvalue weighted by molar-refractivity contribution is 0.102. The topological polar surface area (TPSA) is 49.3 Å². The lowest BCUT2D eigenvalue weighted by atomic mass is 10.2. The van der Waals surface area contributed by atoms with Crippen molar-refractivity contribution in [2.75, 3.05) is 5.32 Å². The van der Waals surface area contributed by atoms with E-state index < -0.39 is 23.4 Å². The second-order valence-electron chi connectivity index (χ2n) is 3.86. The zero-order valence-corrected chi connectivity index (χ0v) is 11.3. The van der Waals surface area contributed by atoms with Crippen molar-refractivity contribution in [2.45, 2.75) is 0 Å². The van der Waals surface area contributed by atoms with Crippen LogP contribution in [0.25, 0.3) is 0 Å². The van der Waals surface area contributed by atoms with Gasteiger partial charge in [-0.1, -0.05) is 0 Å². The number of amides is 1. The van der Waals surface area contributed by atoms with E-state index in [0.29, 0.717) is 6.07 Å². The summed E-state index contributed by atoms with van der Waals surface area (Å²) in [4.78, 5) is 11.8. The molecule has 20 heavy (non-hydrogen) atoms. The van der Waals surface area contributed by atoms with Gasteiger partial charge in [-0.3, -0.25) is 4.79 Å². The smallest absolute Gasteiger partial charge is 0.258 e. The number of halogens is 4. The van der Waals surface area contributed by atoms with E-state index >= 15 is 0 Å². The molecule has 104 valence electrons. The highest BCUT2D eigenvalue weighted by molar-refractivity contribution is 9.10. The van der Waals surface area contributed by atoms with Gasteiger partial charge >= 0.3 is 0 Å². The zero-order chi connectivity index (χ0) is 14.9. The maximum atomic E-state index is 13.5. The summed E-state index contributed by atoms with van der Waals surface area (Å²) in [5.41, 5.74) is -0.668. The van der Waals surface area contributed by atoms with E-state index in [1.54, 1.807) is 0 Å². The van der Waals surface area contributed by atoms with E-state index in [9.17, 15) is 18.0 Å². The average molecular weight is 346 g/mol. The first-order valence-corrected chi connectivity index (χ1v) is 6.12. The minimum atomic E-state index is -0.988. The van der Waals surface area contributed by atoms with Crippen LogP contribution in [-0.2, 0) is 0 Å². The second kappa shape index (κ2) is 5.54. The molecule has 0 unspecified atom stereocenters. The van der Waals surface area contributed by atoms with Gasteiger partial charge in [0.05, 0.1) is 15.7 Å². The fourth-order valence-electron chi connectivity index (χ4n) is 1.50. The van der Waals surface area contributed by atoms with Crippen molar-refractivity contribution in [3.8, 4) is 5.75 Å². The predicted octanol–water partition coefficient (Wildman–Crippen LogP) is 3.82. The third kappa shape index (κ3) is 2.93. The van der Waals surface area contributed by atoms with Gasteiger partial charge in [0.15, 0.2) is 0 Å². The molecule has 2 rings (SSSR count). The monoisotopic (exact) mass is 345 g/mol. The van der Waals surface area contributed by atoms with Crippen molar-refractivity contribution < 1.29 is 23.1 Å². The van der Waals surface area contributed by atoms with Gasteiger partial charge in [-0.15, -0.1) is 0 Å². The molecule has 0 aliphatic rings. The summed E-state index contributed by atoms with van der Waals surface area (Å²) < 4.78 is 39.9. The van der Waals surface area contributed by atoms with E-state index in [1.807, 2.05) is 0 Å². The summed E-state index contributed by atoms with van der Waals surface area (Å²) in [7, 11) is 0. The van der Waals surface area contributed by atoms with Crippen molar-refractivity contribution in [1.82, 2.24) is 0 Å². The Morgan fingerprint density at radius 3 is 2.40 bits per heavy atom. The van der Waals surface area contributed by atoms with Gasteiger partial charge in [0.2, 0.25) is 0 Å². The minimum Gasteiger partial charge on any atom is -0.508 e. The Kier molecular flexibility index (Phi) is 3.99. The number of carbonyl (C=O) groups is 1. The molecular weight excluding hydrogens is 339 g/mol. The highest BCUT2D eigenvalue weighted by atomic mass is 79.9. The van der Waals surface area contributed by atoms with Gasteiger partial charge < -0.3 is 10.4 Å². The summed E-state index contributed by atoms with van der Waals surface area (Å²) in [5.74, 6) is -4.02. The number of nitrogens with one attached hydrogen (secondary N) is 1. The van der Waals surface area contributed by atoms with Crippen molar-refractivity contribution in [1.29, 1.82) is 0 Å². The molecule has 0 aliphatic carbocycles. The number of aromatic hydroxyl groups is 1. The largest absolute Gasteiger partial charge is 0.508 e. The number of phenols is 1. The Morgan fingerprint density at radius 2 is 1.75 bits per heavy atom. The summed E-state index contributed by atoms with van der Waals surface area (Å²) >= 11 is 2.85. The third-order valence-electron chi connectivity index (χ3n) is 2.46. The van der Waals surface area contributed by atoms with Crippen molar-refractivity contribution >= 4 is 27.5 Å². The van der Waals surface area contributed by atoms with Crippen LogP contribution in [0.3, 0.4) is 0 Å². The molecule has 2 aromatic carbocycles. The van der Waals surface area contributed by atoms with Gasteiger partial charge in [-0.25, -0.2) is 13.2 Å². The maximum absolute atomic E-state index is 13.5. The van der Waals surface area contributed by atoms with Crippen LogP contribution in [0.4, 0.5) is 18.9 Å². The fraction of sp³-hybridized carbons (Fsp3) is 0. The molecule has 2 N–H and O–H groups in total. The molecule has 0 radical (unpaired) electrons. The number of carbonyl (C=O) groups excluding carboxylic acids is 1. The van der Waals surface area contributed by atoms with Gasteiger partial charge in [0.1, 0.15) is 23.2 Å². The molecule has 0 spiro atoms. The summed E-state index contributed by atoms with van der Waals surface area (Å²) in [5, 5.41) is 11.2. The van der Waals surface area contributed by atoms with E-state index in [2.05, 4.69) is 21.2 Å². The van der Waals surface area contributed by atoms with E-state index in [-0.39, 0.29) is 21.5 Å².